The Morgan fingerprint density at radius 3 is 1.90 bits per heavy atom. The van der Waals surface area contributed by atoms with Gasteiger partial charge in [-0.2, -0.15) is 0 Å². The molecule has 1 aliphatic heterocycles. The molecule has 0 radical (unpaired) electrons. The minimum absolute atomic E-state index is 0.716. The average Bonchev–Trinajstić information content (AvgIpc) is 2.72. The van der Waals surface area contributed by atoms with Gasteiger partial charge in [0.1, 0.15) is 5.75 Å². The van der Waals surface area contributed by atoms with Crippen molar-refractivity contribution in [2.75, 3.05) is 32.8 Å². The number of carboxylic acid groups (broad SMARTS) is 2. The summed E-state index contributed by atoms with van der Waals surface area (Å²) >= 11 is 6.07. The van der Waals surface area contributed by atoms with Gasteiger partial charge in [0, 0.05) is 44.3 Å². The molecule has 8 heteroatoms. The number of ether oxygens (including phenoxy) is 1. The van der Waals surface area contributed by atoms with Gasteiger partial charge in [0.25, 0.3) is 0 Å². The SMILES string of the molecule is CCOc1ccc(CN2CCN(Cc3cccc(Cl)c3)CC2)cc1.O=C(O)C(=O)O. The van der Waals surface area contributed by atoms with Crippen LogP contribution in [0.4, 0.5) is 0 Å². The standard InChI is InChI=1S/C20H25ClN2O.C2H2O4/c1-2-24-20-8-6-17(7-9-20)15-22-10-12-23(13-11-22)16-18-4-3-5-19(21)14-18;3-1(4)2(5)6/h3-9,14H,2,10-13,15-16H2,1H3;(H,3,4)(H,5,6). The van der Waals surface area contributed by atoms with Crippen LogP contribution in [0.1, 0.15) is 18.1 Å². The van der Waals surface area contributed by atoms with Gasteiger partial charge >= 0.3 is 11.9 Å². The topological polar surface area (TPSA) is 90.3 Å². The fraction of sp³-hybridized carbons (Fsp3) is 0.364. The molecule has 7 nitrogen and oxygen atoms in total. The minimum Gasteiger partial charge on any atom is -0.494 e. The van der Waals surface area contributed by atoms with Crippen molar-refractivity contribution in [3.05, 3.63) is 64.7 Å². The van der Waals surface area contributed by atoms with Gasteiger partial charge in [-0.05, 0) is 42.3 Å². The Morgan fingerprint density at radius 1 is 0.900 bits per heavy atom. The van der Waals surface area contributed by atoms with Crippen LogP contribution in [0.5, 0.6) is 5.75 Å². The van der Waals surface area contributed by atoms with Crippen LogP contribution in [0.15, 0.2) is 48.5 Å². The number of hydrogen-bond donors (Lipinski definition) is 2. The summed E-state index contributed by atoms with van der Waals surface area (Å²) in [5.41, 5.74) is 2.64. The largest absolute Gasteiger partial charge is 0.494 e. The van der Waals surface area contributed by atoms with Gasteiger partial charge in [-0.25, -0.2) is 9.59 Å². The van der Waals surface area contributed by atoms with Crippen molar-refractivity contribution in [3.8, 4) is 5.75 Å². The molecule has 0 atom stereocenters. The summed E-state index contributed by atoms with van der Waals surface area (Å²) in [5, 5.41) is 15.6. The molecule has 2 N–H and O–H groups in total. The highest BCUT2D eigenvalue weighted by Gasteiger charge is 2.17. The molecular formula is C22H27ClN2O5. The highest BCUT2D eigenvalue weighted by molar-refractivity contribution is 6.30. The molecule has 1 fully saturated rings. The lowest BCUT2D eigenvalue weighted by molar-refractivity contribution is -0.159. The van der Waals surface area contributed by atoms with Crippen LogP contribution in [-0.2, 0) is 22.7 Å². The fourth-order valence-electron chi connectivity index (χ4n) is 3.11. The zero-order valence-electron chi connectivity index (χ0n) is 17.0. The number of benzene rings is 2. The molecule has 0 saturated carbocycles. The highest BCUT2D eigenvalue weighted by atomic mass is 35.5. The first-order chi connectivity index (χ1) is 14.4. The molecule has 1 saturated heterocycles. The molecule has 0 bridgehead atoms. The zero-order valence-corrected chi connectivity index (χ0v) is 17.7. The molecule has 0 aliphatic carbocycles. The normalized spacial score (nSPS) is 14.5. The molecule has 2 aromatic carbocycles. The second kappa shape index (κ2) is 12.2. The van der Waals surface area contributed by atoms with E-state index >= 15 is 0 Å². The molecule has 0 spiro atoms. The summed E-state index contributed by atoms with van der Waals surface area (Å²) in [6.07, 6.45) is 0. The Labute approximate surface area is 181 Å². The monoisotopic (exact) mass is 434 g/mol. The predicted octanol–water partition coefficient (Wildman–Crippen LogP) is 3.21. The van der Waals surface area contributed by atoms with Crippen molar-refractivity contribution in [1.82, 2.24) is 9.80 Å². The van der Waals surface area contributed by atoms with Crippen LogP contribution in [0.2, 0.25) is 5.02 Å². The summed E-state index contributed by atoms with van der Waals surface area (Å²) in [6, 6.07) is 16.6. The first-order valence-corrected chi connectivity index (χ1v) is 10.1. The average molecular weight is 435 g/mol. The van der Waals surface area contributed by atoms with Gasteiger partial charge in [-0.3, -0.25) is 9.80 Å². The van der Waals surface area contributed by atoms with E-state index in [0.717, 1.165) is 50.0 Å². The highest BCUT2D eigenvalue weighted by Crippen LogP contribution is 2.16. The first kappa shape index (κ1) is 23.7. The van der Waals surface area contributed by atoms with Crippen LogP contribution in [0, 0.1) is 0 Å². The van der Waals surface area contributed by atoms with Crippen molar-refractivity contribution in [2.24, 2.45) is 0 Å². The summed E-state index contributed by atoms with van der Waals surface area (Å²) in [7, 11) is 0. The maximum atomic E-state index is 9.10. The van der Waals surface area contributed by atoms with Gasteiger partial charge in [0.2, 0.25) is 0 Å². The Kier molecular flexibility index (Phi) is 9.60. The van der Waals surface area contributed by atoms with Gasteiger partial charge in [0.15, 0.2) is 0 Å². The molecule has 1 aliphatic rings. The van der Waals surface area contributed by atoms with E-state index in [1.54, 1.807) is 0 Å². The van der Waals surface area contributed by atoms with Crippen molar-refractivity contribution in [2.45, 2.75) is 20.0 Å². The van der Waals surface area contributed by atoms with Crippen molar-refractivity contribution in [1.29, 1.82) is 0 Å². The van der Waals surface area contributed by atoms with E-state index in [1.165, 1.54) is 11.1 Å². The molecule has 1 heterocycles. The van der Waals surface area contributed by atoms with E-state index in [2.05, 4.69) is 46.2 Å². The summed E-state index contributed by atoms with van der Waals surface area (Å²) in [5.74, 6) is -2.70. The lowest BCUT2D eigenvalue weighted by Gasteiger charge is -2.34. The molecule has 0 amide bonds. The van der Waals surface area contributed by atoms with E-state index < -0.39 is 11.9 Å². The Morgan fingerprint density at radius 2 is 1.43 bits per heavy atom. The summed E-state index contributed by atoms with van der Waals surface area (Å²) in [4.78, 5) is 23.2. The van der Waals surface area contributed by atoms with Gasteiger partial charge in [-0.1, -0.05) is 35.9 Å². The van der Waals surface area contributed by atoms with E-state index in [4.69, 9.17) is 36.1 Å². The third-order valence-corrected chi connectivity index (χ3v) is 4.82. The molecule has 3 rings (SSSR count). The van der Waals surface area contributed by atoms with Gasteiger partial charge in [-0.15, -0.1) is 0 Å². The fourth-order valence-corrected chi connectivity index (χ4v) is 3.33. The molecule has 2 aromatic rings. The molecule has 162 valence electrons. The summed E-state index contributed by atoms with van der Waals surface area (Å²) < 4.78 is 5.50. The van der Waals surface area contributed by atoms with Crippen molar-refractivity contribution < 1.29 is 24.5 Å². The van der Waals surface area contributed by atoms with Crippen LogP contribution in [0.3, 0.4) is 0 Å². The number of hydrogen-bond acceptors (Lipinski definition) is 5. The number of rotatable bonds is 6. The lowest BCUT2D eigenvalue weighted by atomic mass is 10.1. The van der Waals surface area contributed by atoms with Crippen LogP contribution < -0.4 is 4.74 Å². The van der Waals surface area contributed by atoms with Crippen LogP contribution in [-0.4, -0.2) is 64.7 Å². The number of carbonyl (C=O) groups is 2. The van der Waals surface area contributed by atoms with E-state index in [9.17, 15) is 0 Å². The number of aliphatic carboxylic acids is 2. The Hall–Kier alpha value is -2.61. The third-order valence-electron chi connectivity index (χ3n) is 4.58. The molecule has 30 heavy (non-hydrogen) atoms. The van der Waals surface area contributed by atoms with Crippen LogP contribution >= 0.6 is 11.6 Å². The Bertz CT molecular complexity index is 809. The third kappa shape index (κ3) is 8.41. The minimum atomic E-state index is -1.82. The zero-order chi connectivity index (χ0) is 21.9. The quantitative estimate of drug-likeness (QED) is 0.674. The van der Waals surface area contributed by atoms with Crippen molar-refractivity contribution >= 4 is 23.5 Å². The van der Waals surface area contributed by atoms with Gasteiger partial charge in [0.05, 0.1) is 6.61 Å². The maximum Gasteiger partial charge on any atom is 0.414 e. The first-order valence-electron chi connectivity index (χ1n) is 9.74. The number of nitrogens with zero attached hydrogens (tertiary/aromatic N) is 2. The van der Waals surface area contributed by atoms with E-state index in [-0.39, 0.29) is 0 Å². The smallest absolute Gasteiger partial charge is 0.414 e. The second-order valence-corrected chi connectivity index (χ2v) is 7.31. The molecule has 0 aromatic heterocycles. The van der Waals surface area contributed by atoms with E-state index in [1.807, 2.05) is 19.1 Å². The molecular weight excluding hydrogens is 408 g/mol. The lowest BCUT2D eigenvalue weighted by Crippen LogP contribution is -2.45. The predicted molar refractivity (Wildman–Crippen MR) is 115 cm³/mol. The Balaban J connectivity index is 0.000000469. The number of piperazine rings is 1. The van der Waals surface area contributed by atoms with Crippen molar-refractivity contribution in [3.63, 3.8) is 0 Å². The van der Waals surface area contributed by atoms with Crippen LogP contribution in [0.25, 0.3) is 0 Å². The van der Waals surface area contributed by atoms with E-state index in [0.29, 0.717) is 6.61 Å². The second-order valence-electron chi connectivity index (χ2n) is 6.87. The maximum absolute atomic E-state index is 9.10. The number of halogens is 1. The molecule has 0 unspecified atom stereocenters. The summed E-state index contributed by atoms with van der Waals surface area (Å²) in [6.45, 7) is 9.13. The number of carboxylic acids is 2. The van der Waals surface area contributed by atoms with Gasteiger partial charge < -0.3 is 14.9 Å².